The lowest BCUT2D eigenvalue weighted by molar-refractivity contribution is -0.121. The maximum absolute atomic E-state index is 12.0. The van der Waals surface area contributed by atoms with Crippen molar-refractivity contribution in [1.82, 2.24) is 10.9 Å². The summed E-state index contributed by atoms with van der Waals surface area (Å²) in [4.78, 5) is 23.8. The molecule has 0 spiro atoms. The zero-order valence-electron chi connectivity index (χ0n) is 14.0. The van der Waals surface area contributed by atoms with Gasteiger partial charge in [0.1, 0.15) is 0 Å². The van der Waals surface area contributed by atoms with Crippen LogP contribution in [0.5, 0.6) is 0 Å². The molecule has 0 atom stereocenters. The van der Waals surface area contributed by atoms with Crippen molar-refractivity contribution in [1.29, 1.82) is 0 Å². The zero-order chi connectivity index (χ0) is 17.2. The summed E-state index contributed by atoms with van der Waals surface area (Å²) in [5.41, 5.74) is 7.63. The van der Waals surface area contributed by atoms with Crippen LogP contribution in [0.2, 0.25) is 0 Å². The van der Waals surface area contributed by atoms with Crippen LogP contribution in [0.4, 0.5) is 0 Å². The Morgan fingerprint density at radius 3 is 2.42 bits per heavy atom. The number of hydrogen-bond acceptors (Lipinski definition) is 3. The predicted octanol–water partition coefficient (Wildman–Crippen LogP) is 3.87. The fraction of sp³-hybridized carbons (Fsp3) is 0.368. The van der Waals surface area contributed by atoms with Crippen LogP contribution < -0.4 is 10.9 Å². The second-order valence-corrected chi connectivity index (χ2v) is 6.60. The third kappa shape index (κ3) is 6.16. The molecule has 2 aromatic rings. The number of unbranched alkanes of at least 4 members (excludes halogenated alkanes) is 3. The van der Waals surface area contributed by atoms with Crippen molar-refractivity contribution in [2.45, 2.75) is 45.4 Å². The van der Waals surface area contributed by atoms with E-state index in [0.29, 0.717) is 5.56 Å². The number of carbonyl (C=O) groups excluding carboxylic acids is 2. The van der Waals surface area contributed by atoms with Crippen molar-refractivity contribution in [3.63, 3.8) is 0 Å². The molecule has 24 heavy (non-hydrogen) atoms. The number of hydrazine groups is 1. The van der Waals surface area contributed by atoms with Gasteiger partial charge in [0.25, 0.3) is 5.91 Å². The number of nitrogens with one attached hydrogen (secondary N) is 2. The summed E-state index contributed by atoms with van der Waals surface area (Å²) in [5, 5.41) is 3.84. The Hall–Kier alpha value is -2.14. The number of carbonyl (C=O) groups is 2. The first-order valence-corrected chi connectivity index (χ1v) is 9.32. The largest absolute Gasteiger partial charge is 0.273 e. The molecule has 0 unspecified atom stereocenters. The van der Waals surface area contributed by atoms with Gasteiger partial charge in [-0.05, 0) is 52.9 Å². The monoisotopic (exact) mass is 344 g/mol. The summed E-state index contributed by atoms with van der Waals surface area (Å²) in [6, 6.07) is 9.46. The average Bonchev–Trinajstić information content (AvgIpc) is 3.10. The Labute approximate surface area is 147 Å². The quantitative estimate of drug-likeness (QED) is 0.564. The molecule has 2 N–H and O–H groups in total. The van der Waals surface area contributed by atoms with Gasteiger partial charge in [-0.3, -0.25) is 20.4 Å². The molecule has 2 rings (SSSR count). The van der Waals surface area contributed by atoms with Gasteiger partial charge in [-0.25, -0.2) is 0 Å². The normalized spacial score (nSPS) is 10.4. The predicted molar refractivity (Wildman–Crippen MR) is 97.9 cm³/mol. The average molecular weight is 344 g/mol. The van der Waals surface area contributed by atoms with Crippen molar-refractivity contribution in [2.24, 2.45) is 0 Å². The summed E-state index contributed by atoms with van der Waals surface area (Å²) in [6.45, 7) is 2.20. The third-order valence-electron chi connectivity index (χ3n) is 3.80. The molecule has 0 bridgehead atoms. The van der Waals surface area contributed by atoms with Crippen LogP contribution in [-0.4, -0.2) is 11.8 Å². The highest BCUT2D eigenvalue weighted by molar-refractivity contribution is 7.08. The number of benzene rings is 1. The number of aryl methyl sites for hydroxylation is 1. The van der Waals surface area contributed by atoms with E-state index in [9.17, 15) is 9.59 Å². The Kier molecular flexibility index (Phi) is 7.49. The first-order chi connectivity index (χ1) is 11.7. The molecular weight excluding hydrogens is 320 g/mol. The van der Waals surface area contributed by atoms with Gasteiger partial charge in [0.05, 0.1) is 6.42 Å². The summed E-state index contributed by atoms with van der Waals surface area (Å²) >= 11 is 1.54. The van der Waals surface area contributed by atoms with Crippen molar-refractivity contribution < 1.29 is 9.59 Å². The molecule has 0 radical (unpaired) electrons. The number of amides is 2. The van der Waals surface area contributed by atoms with Crippen molar-refractivity contribution in [3.8, 4) is 0 Å². The molecule has 0 aliphatic heterocycles. The fourth-order valence-electron chi connectivity index (χ4n) is 2.40. The summed E-state index contributed by atoms with van der Waals surface area (Å²) < 4.78 is 0. The second kappa shape index (κ2) is 9.88. The minimum atomic E-state index is -0.300. The third-order valence-corrected chi connectivity index (χ3v) is 4.53. The highest BCUT2D eigenvalue weighted by Gasteiger charge is 2.08. The first-order valence-electron chi connectivity index (χ1n) is 8.38. The van der Waals surface area contributed by atoms with E-state index in [1.165, 1.54) is 31.2 Å². The van der Waals surface area contributed by atoms with E-state index in [2.05, 4.69) is 17.8 Å². The molecule has 1 aromatic heterocycles. The molecule has 0 saturated carbocycles. The molecule has 1 aromatic carbocycles. The summed E-state index contributed by atoms with van der Waals surface area (Å²) in [5.74, 6) is -0.527. The minimum absolute atomic E-state index is 0.228. The van der Waals surface area contributed by atoms with Gasteiger partial charge in [-0.15, -0.1) is 0 Å². The highest BCUT2D eigenvalue weighted by Crippen LogP contribution is 2.10. The number of thiophene rings is 1. The maximum Gasteiger partial charge on any atom is 0.269 e. The van der Waals surface area contributed by atoms with Gasteiger partial charge in [0, 0.05) is 5.56 Å². The molecule has 0 saturated heterocycles. The van der Waals surface area contributed by atoms with E-state index in [1.54, 1.807) is 23.5 Å². The lowest BCUT2D eigenvalue weighted by Gasteiger charge is -2.08. The van der Waals surface area contributed by atoms with Crippen LogP contribution in [0, 0.1) is 0 Å². The van der Waals surface area contributed by atoms with E-state index in [1.807, 2.05) is 29.0 Å². The van der Waals surface area contributed by atoms with Gasteiger partial charge < -0.3 is 0 Å². The Morgan fingerprint density at radius 2 is 1.75 bits per heavy atom. The first kappa shape index (κ1) is 18.2. The molecule has 0 aliphatic rings. The van der Waals surface area contributed by atoms with Crippen molar-refractivity contribution in [3.05, 3.63) is 57.8 Å². The van der Waals surface area contributed by atoms with Crippen molar-refractivity contribution in [2.75, 3.05) is 0 Å². The molecule has 0 fully saturated rings. The number of rotatable bonds is 8. The zero-order valence-corrected chi connectivity index (χ0v) is 14.8. The van der Waals surface area contributed by atoms with E-state index < -0.39 is 0 Å². The Morgan fingerprint density at radius 1 is 0.958 bits per heavy atom. The van der Waals surface area contributed by atoms with Crippen LogP contribution in [-0.2, 0) is 17.6 Å². The van der Waals surface area contributed by atoms with Gasteiger partial charge in [-0.1, -0.05) is 38.3 Å². The lowest BCUT2D eigenvalue weighted by atomic mass is 10.0. The summed E-state index contributed by atoms with van der Waals surface area (Å²) in [7, 11) is 0. The fourth-order valence-corrected chi connectivity index (χ4v) is 3.07. The lowest BCUT2D eigenvalue weighted by Crippen LogP contribution is -2.42. The number of hydrogen-bond donors (Lipinski definition) is 2. The Bertz CT molecular complexity index is 636. The van der Waals surface area contributed by atoms with E-state index >= 15 is 0 Å². The maximum atomic E-state index is 12.0. The van der Waals surface area contributed by atoms with Gasteiger partial charge in [-0.2, -0.15) is 11.3 Å². The van der Waals surface area contributed by atoms with Crippen LogP contribution >= 0.6 is 11.3 Å². The smallest absolute Gasteiger partial charge is 0.269 e. The van der Waals surface area contributed by atoms with Crippen molar-refractivity contribution >= 4 is 23.2 Å². The molecule has 0 aliphatic carbocycles. The highest BCUT2D eigenvalue weighted by atomic mass is 32.1. The van der Waals surface area contributed by atoms with Gasteiger partial charge in [0.15, 0.2) is 0 Å². The minimum Gasteiger partial charge on any atom is -0.273 e. The van der Waals surface area contributed by atoms with E-state index in [4.69, 9.17) is 0 Å². The topological polar surface area (TPSA) is 58.2 Å². The van der Waals surface area contributed by atoms with Crippen LogP contribution in [0.3, 0.4) is 0 Å². The molecule has 5 heteroatoms. The summed E-state index contributed by atoms with van der Waals surface area (Å²) in [6.07, 6.45) is 6.23. The van der Waals surface area contributed by atoms with Crippen LogP contribution in [0.15, 0.2) is 41.1 Å². The van der Waals surface area contributed by atoms with E-state index in [0.717, 1.165) is 12.0 Å². The van der Waals surface area contributed by atoms with Crippen LogP contribution in [0.1, 0.15) is 54.1 Å². The molecule has 2 amide bonds. The molecule has 1 heterocycles. The molecule has 4 nitrogen and oxygen atoms in total. The SMILES string of the molecule is CCCCCCc1ccc(C(=O)NNC(=O)Cc2ccsc2)cc1. The van der Waals surface area contributed by atoms with Gasteiger partial charge >= 0.3 is 0 Å². The van der Waals surface area contributed by atoms with Crippen LogP contribution in [0.25, 0.3) is 0 Å². The van der Waals surface area contributed by atoms with E-state index in [-0.39, 0.29) is 18.2 Å². The molecule has 128 valence electrons. The second-order valence-electron chi connectivity index (χ2n) is 5.82. The van der Waals surface area contributed by atoms with Gasteiger partial charge in [0.2, 0.25) is 5.91 Å². The Balaban J connectivity index is 1.74. The molecular formula is C19H24N2O2S. The standard InChI is InChI=1S/C19H24N2O2S/c1-2-3-4-5-6-15-7-9-17(10-8-15)19(23)21-20-18(22)13-16-11-12-24-14-16/h7-12,14H,2-6,13H2,1H3,(H,20,22)(H,21,23).